The van der Waals surface area contributed by atoms with Gasteiger partial charge in [-0.3, -0.25) is 4.79 Å². The molecule has 108 valence electrons. The first-order valence-corrected chi connectivity index (χ1v) is 6.68. The Hall–Kier alpha value is -1.97. The third kappa shape index (κ3) is 5.34. The van der Waals surface area contributed by atoms with Crippen molar-refractivity contribution >= 4 is 17.9 Å². The third-order valence-electron chi connectivity index (χ3n) is 3.04. The molecule has 0 spiro atoms. The van der Waals surface area contributed by atoms with E-state index in [9.17, 15) is 9.59 Å². The monoisotopic (exact) mass is 274 g/mol. The summed E-state index contributed by atoms with van der Waals surface area (Å²) in [5, 5.41) is 3.02. The molecule has 0 radical (unpaired) electrons. The summed E-state index contributed by atoms with van der Waals surface area (Å²) in [7, 11) is 0. The topological polar surface area (TPSA) is 59.1 Å². The number of aldehydes is 1. The zero-order chi connectivity index (χ0) is 15.2. The molecule has 20 heavy (non-hydrogen) atoms. The molecule has 1 aromatic rings. The number of nitrogens with one attached hydrogen (secondary N) is 1. The first-order valence-electron chi connectivity index (χ1n) is 6.68. The van der Waals surface area contributed by atoms with E-state index in [1.165, 1.54) is 0 Å². The lowest BCUT2D eigenvalue weighted by Crippen LogP contribution is -2.18. The second kappa shape index (κ2) is 6.98. The van der Waals surface area contributed by atoms with Gasteiger partial charge in [0.25, 0.3) is 0 Å². The molecule has 0 aliphatic heterocycles. The lowest BCUT2D eigenvalue weighted by molar-refractivity contribution is -0.118. The smallest absolute Gasteiger partial charge is 0.160 e. The van der Waals surface area contributed by atoms with Crippen molar-refractivity contribution in [2.45, 2.75) is 40.5 Å². The molecule has 0 fully saturated rings. The second-order valence-electron chi connectivity index (χ2n) is 5.77. The zero-order valence-electron chi connectivity index (χ0n) is 12.6. The lowest BCUT2D eigenvalue weighted by atomic mass is 9.83. The van der Waals surface area contributed by atoms with Crippen LogP contribution in [-0.4, -0.2) is 17.1 Å². The number of nitrogens with zero attached hydrogens (tertiary/aromatic N) is 1. The third-order valence-corrected chi connectivity index (χ3v) is 3.04. The molecule has 4 nitrogen and oxygen atoms in total. The van der Waals surface area contributed by atoms with Gasteiger partial charge in [0.1, 0.15) is 12.1 Å². The summed E-state index contributed by atoms with van der Waals surface area (Å²) in [5.74, 6) is 0.751. The summed E-state index contributed by atoms with van der Waals surface area (Å²) in [4.78, 5) is 26.9. The largest absolute Gasteiger partial charge is 0.346 e. The number of allylic oxidation sites excluding steroid dienone is 1. The van der Waals surface area contributed by atoms with Crippen LogP contribution in [0.5, 0.6) is 0 Å². The maximum atomic E-state index is 12.1. The van der Waals surface area contributed by atoms with Crippen LogP contribution in [-0.2, 0) is 9.59 Å². The van der Waals surface area contributed by atoms with Gasteiger partial charge in [0.15, 0.2) is 5.78 Å². The second-order valence-corrected chi connectivity index (χ2v) is 5.77. The van der Waals surface area contributed by atoms with Crippen molar-refractivity contribution in [1.82, 2.24) is 4.98 Å². The zero-order valence-corrected chi connectivity index (χ0v) is 12.6. The first-order chi connectivity index (χ1) is 9.34. The van der Waals surface area contributed by atoms with Gasteiger partial charge in [-0.05, 0) is 31.4 Å². The van der Waals surface area contributed by atoms with Crippen LogP contribution < -0.4 is 5.32 Å². The quantitative estimate of drug-likeness (QED) is 0.612. The number of ketones is 1. The Kier molecular flexibility index (Phi) is 5.62. The number of aryl methyl sites for hydroxylation is 1. The van der Waals surface area contributed by atoms with Crippen LogP contribution in [0.3, 0.4) is 0 Å². The molecule has 4 heteroatoms. The number of carbonyl (C=O) groups is 2. The molecule has 0 bridgehead atoms. The molecule has 0 aliphatic carbocycles. The van der Waals surface area contributed by atoms with E-state index in [1.807, 2.05) is 39.0 Å². The van der Waals surface area contributed by atoms with Crippen LogP contribution in [0.15, 0.2) is 30.0 Å². The number of anilines is 1. The van der Waals surface area contributed by atoms with Crippen molar-refractivity contribution in [3.05, 3.63) is 35.7 Å². The van der Waals surface area contributed by atoms with Gasteiger partial charge in [-0.15, -0.1) is 0 Å². The number of hydrogen-bond donors (Lipinski definition) is 1. The SMILES string of the molecule is C/C(=C\Nc1cccc(C)n1)C(=O)CC(C)(C)CC=O. The minimum Gasteiger partial charge on any atom is -0.346 e. The van der Waals surface area contributed by atoms with Crippen molar-refractivity contribution in [1.29, 1.82) is 0 Å². The molecule has 1 rings (SSSR count). The van der Waals surface area contributed by atoms with Crippen molar-refractivity contribution in [3.8, 4) is 0 Å². The molecular weight excluding hydrogens is 252 g/mol. The molecule has 0 saturated heterocycles. The number of carbonyl (C=O) groups excluding carboxylic acids is 2. The summed E-state index contributed by atoms with van der Waals surface area (Å²) in [6, 6.07) is 5.66. The van der Waals surface area contributed by atoms with E-state index in [2.05, 4.69) is 10.3 Å². The summed E-state index contributed by atoms with van der Waals surface area (Å²) in [6.07, 6.45) is 3.28. The Bertz CT molecular complexity index is 519. The van der Waals surface area contributed by atoms with Gasteiger partial charge >= 0.3 is 0 Å². The average molecular weight is 274 g/mol. The van der Waals surface area contributed by atoms with E-state index < -0.39 is 0 Å². The van der Waals surface area contributed by atoms with Crippen LogP contribution in [0, 0.1) is 12.3 Å². The molecular formula is C16H22N2O2. The number of Topliss-reactive ketones (excluding diaryl/α,β-unsaturated/α-hetero) is 1. The van der Waals surface area contributed by atoms with Gasteiger partial charge < -0.3 is 10.1 Å². The number of hydrogen-bond acceptors (Lipinski definition) is 4. The molecule has 0 unspecified atom stereocenters. The molecule has 0 amide bonds. The van der Waals surface area contributed by atoms with Crippen molar-refractivity contribution in [2.24, 2.45) is 5.41 Å². The molecule has 0 aromatic carbocycles. The van der Waals surface area contributed by atoms with Crippen LogP contribution in [0.1, 0.15) is 39.3 Å². The van der Waals surface area contributed by atoms with E-state index in [4.69, 9.17) is 0 Å². The molecule has 0 aliphatic rings. The predicted molar refractivity (Wildman–Crippen MR) is 80.4 cm³/mol. The van der Waals surface area contributed by atoms with E-state index in [-0.39, 0.29) is 11.2 Å². The molecule has 1 N–H and O–H groups in total. The van der Waals surface area contributed by atoms with Crippen LogP contribution in [0.2, 0.25) is 0 Å². The fourth-order valence-corrected chi connectivity index (χ4v) is 1.76. The van der Waals surface area contributed by atoms with Crippen molar-refractivity contribution in [3.63, 3.8) is 0 Å². The maximum absolute atomic E-state index is 12.1. The minimum absolute atomic E-state index is 0.0389. The Balaban J connectivity index is 2.64. The molecule has 1 heterocycles. The van der Waals surface area contributed by atoms with Gasteiger partial charge in [0, 0.05) is 30.3 Å². The highest BCUT2D eigenvalue weighted by molar-refractivity contribution is 5.95. The number of rotatable bonds is 7. The maximum Gasteiger partial charge on any atom is 0.160 e. The van der Waals surface area contributed by atoms with E-state index in [0.717, 1.165) is 12.0 Å². The van der Waals surface area contributed by atoms with E-state index in [1.54, 1.807) is 13.1 Å². The summed E-state index contributed by atoms with van der Waals surface area (Å²) < 4.78 is 0. The molecule has 1 aromatic heterocycles. The van der Waals surface area contributed by atoms with Crippen LogP contribution in [0.4, 0.5) is 5.82 Å². The first kappa shape index (κ1) is 16.1. The summed E-state index contributed by atoms with van der Waals surface area (Å²) >= 11 is 0. The fourth-order valence-electron chi connectivity index (χ4n) is 1.76. The van der Waals surface area contributed by atoms with E-state index in [0.29, 0.717) is 24.2 Å². The Morgan fingerprint density at radius 2 is 2.10 bits per heavy atom. The van der Waals surface area contributed by atoms with Crippen molar-refractivity contribution in [2.75, 3.05) is 5.32 Å². The predicted octanol–water partition coefficient (Wildman–Crippen LogP) is 3.28. The highest BCUT2D eigenvalue weighted by Gasteiger charge is 2.22. The standard InChI is InChI=1S/C16H22N2O2/c1-12(14(20)10-16(3,4)8-9-19)11-17-15-7-5-6-13(2)18-15/h5-7,9,11H,8,10H2,1-4H3,(H,17,18)/b12-11+. The van der Waals surface area contributed by atoms with Gasteiger partial charge in [-0.1, -0.05) is 19.9 Å². The Morgan fingerprint density at radius 3 is 2.70 bits per heavy atom. The normalized spacial score (nSPS) is 12.1. The van der Waals surface area contributed by atoms with Gasteiger partial charge in [0.2, 0.25) is 0 Å². The average Bonchev–Trinajstić information content (AvgIpc) is 2.35. The van der Waals surface area contributed by atoms with Crippen LogP contribution in [0.25, 0.3) is 0 Å². The van der Waals surface area contributed by atoms with Gasteiger partial charge in [0.05, 0.1) is 0 Å². The minimum atomic E-state index is -0.296. The summed E-state index contributed by atoms with van der Waals surface area (Å²) in [5.41, 5.74) is 1.25. The highest BCUT2D eigenvalue weighted by Crippen LogP contribution is 2.25. The summed E-state index contributed by atoms with van der Waals surface area (Å²) in [6.45, 7) is 7.52. The molecule has 0 atom stereocenters. The van der Waals surface area contributed by atoms with Gasteiger partial charge in [-0.25, -0.2) is 4.98 Å². The van der Waals surface area contributed by atoms with Crippen LogP contribution >= 0.6 is 0 Å². The van der Waals surface area contributed by atoms with Crippen molar-refractivity contribution < 1.29 is 9.59 Å². The number of pyridine rings is 1. The van der Waals surface area contributed by atoms with Gasteiger partial charge in [-0.2, -0.15) is 0 Å². The van der Waals surface area contributed by atoms with E-state index >= 15 is 0 Å². The number of aromatic nitrogens is 1. The lowest BCUT2D eigenvalue weighted by Gasteiger charge is -2.20. The molecule has 0 saturated carbocycles. The Labute approximate surface area is 120 Å². The highest BCUT2D eigenvalue weighted by atomic mass is 16.1. The Morgan fingerprint density at radius 1 is 1.40 bits per heavy atom. The fraction of sp³-hybridized carbons (Fsp3) is 0.438.